The van der Waals surface area contributed by atoms with E-state index in [4.69, 9.17) is 10.3 Å². The molecule has 0 unspecified atom stereocenters. The second-order valence-corrected chi connectivity index (χ2v) is 6.18. The zero-order valence-electron chi connectivity index (χ0n) is 12.1. The Morgan fingerprint density at radius 1 is 1.24 bits per heavy atom. The van der Waals surface area contributed by atoms with Crippen LogP contribution in [0.25, 0.3) is 0 Å². The molecular weight excluding hydrogens is 264 g/mol. The smallest absolute Gasteiger partial charge is 0.246 e. The summed E-state index contributed by atoms with van der Waals surface area (Å²) in [4.78, 5) is 6.85. The van der Waals surface area contributed by atoms with E-state index in [1.807, 2.05) is 0 Å². The Balaban J connectivity index is 1.53. The first-order valence-electron chi connectivity index (χ1n) is 7.69. The highest BCUT2D eigenvalue weighted by molar-refractivity contribution is 5.57. The lowest BCUT2D eigenvalue weighted by Crippen LogP contribution is -2.34. The third kappa shape index (κ3) is 2.21. The maximum atomic E-state index is 6.38. The highest BCUT2D eigenvalue weighted by atomic mass is 16.5. The summed E-state index contributed by atoms with van der Waals surface area (Å²) in [6.07, 6.45) is 5.30. The highest BCUT2D eigenvalue weighted by Crippen LogP contribution is 2.35. The fraction of sp³-hybridized carbons (Fsp3) is 0.500. The molecule has 1 saturated carbocycles. The van der Waals surface area contributed by atoms with Gasteiger partial charge in [-0.15, -0.1) is 0 Å². The number of hydrogen-bond donors (Lipinski definition) is 1. The van der Waals surface area contributed by atoms with Crippen molar-refractivity contribution in [1.29, 1.82) is 0 Å². The lowest BCUT2D eigenvalue weighted by atomic mass is 9.99. The number of nitrogens with zero attached hydrogens (tertiary/aromatic N) is 3. The summed E-state index contributed by atoms with van der Waals surface area (Å²) in [5, 5.41) is 4.13. The molecule has 5 heteroatoms. The Labute approximate surface area is 124 Å². The van der Waals surface area contributed by atoms with Crippen molar-refractivity contribution in [3.63, 3.8) is 0 Å². The molecule has 0 amide bonds. The zero-order chi connectivity index (χ0) is 14.3. The fourth-order valence-corrected chi connectivity index (χ4v) is 3.48. The van der Waals surface area contributed by atoms with Crippen LogP contribution in [0.5, 0.6) is 0 Å². The van der Waals surface area contributed by atoms with E-state index in [1.54, 1.807) is 0 Å². The van der Waals surface area contributed by atoms with E-state index in [1.165, 1.54) is 11.3 Å². The maximum Gasteiger partial charge on any atom is 0.246 e. The van der Waals surface area contributed by atoms with Crippen molar-refractivity contribution in [2.45, 2.75) is 44.2 Å². The SMILES string of the molecule is NC1(c2noc(CN3CCc4ccccc43)n2)CCCC1. The van der Waals surface area contributed by atoms with Crippen molar-refractivity contribution in [3.8, 4) is 0 Å². The standard InChI is InChI=1S/C16H20N4O/c17-16(8-3-4-9-16)15-18-14(21-19-15)11-20-10-7-12-5-1-2-6-13(12)20/h1-2,5-6H,3-4,7-11,17H2. The average molecular weight is 284 g/mol. The number of anilines is 1. The van der Waals surface area contributed by atoms with Gasteiger partial charge in [0, 0.05) is 12.2 Å². The molecule has 1 fully saturated rings. The molecular formula is C16H20N4O. The number of rotatable bonds is 3. The van der Waals surface area contributed by atoms with Gasteiger partial charge in [-0.1, -0.05) is 36.2 Å². The van der Waals surface area contributed by atoms with Crippen LogP contribution >= 0.6 is 0 Å². The molecule has 1 aromatic carbocycles. The third-order valence-corrected chi connectivity index (χ3v) is 4.72. The maximum absolute atomic E-state index is 6.38. The lowest BCUT2D eigenvalue weighted by Gasteiger charge is -2.18. The van der Waals surface area contributed by atoms with Crippen molar-refractivity contribution in [2.75, 3.05) is 11.4 Å². The van der Waals surface area contributed by atoms with Gasteiger partial charge in [0.25, 0.3) is 0 Å². The summed E-state index contributed by atoms with van der Waals surface area (Å²) in [6.45, 7) is 1.67. The van der Waals surface area contributed by atoms with Gasteiger partial charge in [0.05, 0.1) is 12.1 Å². The van der Waals surface area contributed by atoms with Crippen molar-refractivity contribution in [2.24, 2.45) is 5.73 Å². The van der Waals surface area contributed by atoms with E-state index in [9.17, 15) is 0 Å². The van der Waals surface area contributed by atoms with Gasteiger partial charge < -0.3 is 15.2 Å². The Morgan fingerprint density at radius 2 is 2.05 bits per heavy atom. The van der Waals surface area contributed by atoms with Gasteiger partial charge in [-0.2, -0.15) is 4.98 Å². The lowest BCUT2D eigenvalue weighted by molar-refractivity contribution is 0.348. The molecule has 5 nitrogen and oxygen atoms in total. The Hall–Kier alpha value is -1.88. The largest absolute Gasteiger partial charge is 0.362 e. The molecule has 0 atom stereocenters. The summed E-state index contributed by atoms with van der Waals surface area (Å²) in [7, 11) is 0. The molecule has 0 spiro atoms. The van der Waals surface area contributed by atoms with Gasteiger partial charge in [0.2, 0.25) is 5.89 Å². The number of benzene rings is 1. The minimum Gasteiger partial charge on any atom is -0.362 e. The Morgan fingerprint density at radius 3 is 2.90 bits per heavy atom. The van der Waals surface area contributed by atoms with Gasteiger partial charge >= 0.3 is 0 Å². The van der Waals surface area contributed by atoms with Crippen LogP contribution in [0.2, 0.25) is 0 Å². The van der Waals surface area contributed by atoms with Gasteiger partial charge in [-0.25, -0.2) is 0 Å². The van der Waals surface area contributed by atoms with Crippen LogP contribution in [-0.2, 0) is 18.5 Å². The number of para-hydroxylation sites is 1. The van der Waals surface area contributed by atoms with Crippen molar-refractivity contribution in [3.05, 3.63) is 41.5 Å². The molecule has 1 aliphatic heterocycles. The van der Waals surface area contributed by atoms with Crippen LogP contribution in [0.15, 0.2) is 28.8 Å². The summed E-state index contributed by atoms with van der Waals surface area (Å²) >= 11 is 0. The number of nitrogens with two attached hydrogens (primary N) is 1. The van der Waals surface area contributed by atoms with Crippen LogP contribution in [0, 0.1) is 0 Å². The van der Waals surface area contributed by atoms with Crippen LogP contribution < -0.4 is 10.6 Å². The first-order chi connectivity index (χ1) is 10.2. The predicted octanol–water partition coefficient (Wildman–Crippen LogP) is 2.36. The molecule has 2 aromatic rings. The van der Waals surface area contributed by atoms with E-state index in [-0.39, 0.29) is 5.54 Å². The highest BCUT2D eigenvalue weighted by Gasteiger charge is 2.36. The predicted molar refractivity (Wildman–Crippen MR) is 79.8 cm³/mol. The molecule has 1 aliphatic carbocycles. The molecule has 110 valence electrons. The second kappa shape index (κ2) is 4.84. The van der Waals surface area contributed by atoms with Crippen LogP contribution in [0.4, 0.5) is 5.69 Å². The monoisotopic (exact) mass is 284 g/mol. The summed E-state index contributed by atoms with van der Waals surface area (Å²) in [5.41, 5.74) is 8.68. The minimum atomic E-state index is -0.370. The fourth-order valence-electron chi connectivity index (χ4n) is 3.48. The Bertz CT molecular complexity index is 645. The molecule has 0 radical (unpaired) electrons. The zero-order valence-corrected chi connectivity index (χ0v) is 12.1. The Kier molecular flexibility index (Phi) is 2.96. The molecule has 4 rings (SSSR count). The van der Waals surface area contributed by atoms with E-state index >= 15 is 0 Å². The molecule has 0 saturated heterocycles. The van der Waals surface area contributed by atoms with Crippen molar-refractivity contribution >= 4 is 5.69 Å². The van der Waals surface area contributed by atoms with Crippen LogP contribution in [0.3, 0.4) is 0 Å². The van der Waals surface area contributed by atoms with E-state index in [0.717, 1.165) is 38.6 Å². The summed E-state index contributed by atoms with van der Waals surface area (Å²) in [6, 6.07) is 8.50. The van der Waals surface area contributed by atoms with E-state index < -0.39 is 0 Å². The minimum absolute atomic E-state index is 0.370. The van der Waals surface area contributed by atoms with Crippen LogP contribution in [-0.4, -0.2) is 16.7 Å². The first kappa shape index (κ1) is 12.8. The third-order valence-electron chi connectivity index (χ3n) is 4.72. The van der Waals surface area contributed by atoms with Crippen molar-refractivity contribution in [1.82, 2.24) is 10.1 Å². The molecule has 2 aliphatic rings. The number of aromatic nitrogens is 2. The normalized spacial score (nSPS) is 20.0. The van der Waals surface area contributed by atoms with Crippen LogP contribution in [0.1, 0.15) is 43.0 Å². The van der Waals surface area contributed by atoms with Gasteiger partial charge in [0.1, 0.15) is 0 Å². The summed E-state index contributed by atoms with van der Waals surface area (Å²) in [5.74, 6) is 1.35. The summed E-state index contributed by atoms with van der Waals surface area (Å²) < 4.78 is 5.44. The van der Waals surface area contributed by atoms with Gasteiger partial charge in [0.15, 0.2) is 5.82 Å². The van der Waals surface area contributed by atoms with Crippen molar-refractivity contribution < 1.29 is 4.52 Å². The average Bonchev–Trinajstić information content (AvgIpc) is 3.21. The number of fused-ring (bicyclic) bond motifs is 1. The molecule has 2 N–H and O–H groups in total. The first-order valence-corrected chi connectivity index (χ1v) is 7.69. The molecule has 2 heterocycles. The number of hydrogen-bond acceptors (Lipinski definition) is 5. The topological polar surface area (TPSA) is 68.2 Å². The van der Waals surface area contributed by atoms with Gasteiger partial charge in [-0.05, 0) is 30.9 Å². The van der Waals surface area contributed by atoms with E-state index in [2.05, 4.69) is 39.3 Å². The molecule has 0 bridgehead atoms. The second-order valence-electron chi connectivity index (χ2n) is 6.18. The van der Waals surface area contributed by atoms with E-state index in [0.29, 0.717) is 18.3 Å². The quantitative estimate of drug-likeness (QED) is 0.937. The van der Waals surface area contributed by atoms with Gasteiger partial charge in [-0.3, -0.25) is 0 Å². The molecule has 21 heavy (non-hydrogen) atoms. The molecule has 1 aromatic heterocycles.